The maximum absolute atomic E-state index is 12.4. The van der Waals surface area contributed by atoms with Crippen molar-refractivity contribution in [1.29, 1.82) is 0 Å². The van der Waals surface area contributed by atoms with Crippen LogP contribution in [0.3, 0.4) is 0 Å². The number of ether oxygens (including phenoxy) is 1. The fraction of sp³-hybridized carbons (Fsp3) is 0.154. The standard InChI is InChI=1S/C13H11N3O4/c17-12(9-6-14-7-15-9)16-4-5-20-11-8(13(18)19)2-1-3-10(11)16/h1-3,6-7H,4-5H2,(H,14,15)(H,18,19). The van der Waals surface area contributed by atoms with E-state index in [1.165, 1.54) is 23.5 Å². The minimum absolute atomic E-state index is 0.0459. The fourth-order valence-corrected chi connectivity index (χ4v) is 2.15. The maximum atomic E-state index is 12.4. The Morgan fingerprint density at radius 1 is 1.40 bits per heavy atom. The summed E-state index contributed by atoms with van der Waals surface area (Å²) >= 11 is 0. The van der Waals surface area contributed by atoms with E-state index < -0.39 is 5.97 Å². The van der Waals surface area contributed by atoms with Gasteiger partial charge in [-0.2, -0.15) is 0 Å². The van der Waals surface area contributed by atoms with Gasteiger partial charge in [-0.1, -0.05) is 6.07 Å². The number of benzene rings is 1. The normalized spacial score (nSPS) is 13.5. The molecule has 0 atom stereocenters. The van der Waals surface area contributed by atoms with E-state index in [1.807, 2.05) is 0 Å². The van der Waals surface area contributed by atoms with Gasteiger partial charge in [-0.15, -0.1) is 0 Å². The Morgan fingerprint density at radius 2 is 2.25 bits per heavy atom. The highest BCUT2D eigenvalue weighted by Gasteiger charge is 2.28. The van der Waals surface area contributed by atoms with Crippen molar-refractivity contribution in [2.75, 3.05) is 18.1 Å². The van der Waals surface area contributed by atoms with Gasteiger partial charge < -0.3 is 19.7 Å². The Labute approximate surface area is 113 Å². The molecule has 1 aromatic carbocycles. The van der Waals surface area contributed by atoms with E-state index in [9.17, 15) is 9.59 Å². The smallest absolute Gasteiger partial charge is 0.339 e. The number of rotatable bonds is 2. The SMILES string of the molecule is O=C(O)c1cccc2c1OCCN2C(=O)c1cnc[nH]1. The van der Waals surface area contributed by atoms with E-state index >= 15 is 0 Å². The van der Waals surface area contributed by atoms with Crippen molar-refractivity contribution in [2.45, 2.75) is 0 Å². The summed E-state index contributed by atoms with van der Waals surface area (Å²) in [5.41, 5.74) is 0.846. The Balaban J connectivity index is 2.05. The molecule has 2 N–H and O–H groups in total. The number of anilines is 1. The maximum Gasteiger partial charge on any atom is 0.339 e. The van der Waals surface area contributed by atoms with Gasteiger partial charge in [-0.25, -0.2) is 9.78 Å². The second-order valence-corrected chi connectivity index (χ2v) is 4.23. The first kappa shape index (κ1) is 12.2. The number of aromatic carboxylic acids is 1. The van der Waals surface area contributed by atoms with Crippen LogP contribution in [-0.2, 0) is 0 Å². The summed E-state index contributed by atoms with van der Waals surface area (Å²) in [4.78, 5) is 31.6. The molecule has 0 saturated heterocycles. The number of hydrogen-bond donors (Lipinski definition) is 2. The molecule has 2 heterocycles. The van der Waals surface area contributed by atoms with Crippen LogP contribution in [0.5, 0.6) is 5.75 Å². The highest BCUT2D eigenvalue weighted by molar-refractivity contribution is 6.07. The Hall–Kier alpha value is -2.83. The second kappa shape index (κ2) is 4.69. The average molecular weight is 273 g/mol. The molecule has 0 unspecified atom stereocenters. The molecule has 102 valence electrons. The largest absolute Gasteiger partial charge is 0.489 e. The number of amides is 1. The minimum atomic E-state index is -1.09. The fourth-order valence-electron chi connectivity index (χ4n) is 2.15. The zero-order valence-corrected chi connectivity index (χ0v) is 10.4. The monoisotopic (exact) mass is 273 g/mol. The minimum Gasteiger partial charge on any atom is -0.489 e. The van der Waals surface area contributed by atoms with Crippen molar-refractivity contribution in [3.05, 3.63) is 42.0 Å². The molecule has 7 nitrogen and oxygen atoms in total. The predicted molar refractivity (Wildman–Crippen MR) is 69.2 cm³/mol. The van der Waals surface area contributed by atoms with Crippen molar-refractivity contribution in [2.24, 2.45) is 0 Å². The van der Waals surface area contributed by atoms with E-state index in [-0.39, 0.29) is 23.8 Å². The van der Waals surface area contributed by atoms with Crippen molar-refractivity contribution in [3.8, 4) is 5.75 Å². The molecule has 1 amide bonds. The predicted octanol–water partition coefficient (Wildman–Crippen LogP) is 1.15. The van der Waals surface area contributed by atoms with Gasteiger partial charge in [0.15, 0.2) is 5.75 Å². The topological polar surface area (TPSA) is 95.5 Å². The number of carboxylic acids is 1. The summed E-state index contributed by atoms with van der Waals surface area (Å²) < 4.78 is 5.41. The molecule has 0 bridgehead atoms. The highest BCUT2D eigenvalue weighted by atomic mass is 16.5. The number of H-pyrrole nitrogens is 1. The molecule has 0 spiro atoms. The number of nitrogens with zero attached hydrogens (tertiary/aromatic N) is 2. The summed E-state index contributed by atoms with van der Waals surface area (Å²) in [6, 6.07) is 4.70. The van der Waals surface area contributed by atoms with E-state index in [2.05, 4.69) is 9.97 Å². The zero-order chi connectivity index (χ0) is 14.1. The zero-order valence-electron chi connectivity index (χ0n) is 10.4. The number of nitrogens with one attached hydrogen (secondary N) is 1. The van der Waals surface area contributed by atoms with E-state index in [0.717, 1.165) is 0 Å². The van der Waals surface area contributed by atoms with Gasteiger partial charge in [-0.3, -0.25) is 4.79 Å². The van der Waals surface area contributed by atoms with Crippen LogP contribution in [-0.4, -0.2) is 40.1 Å². The third-order valence-electron chi connectivity index (χ3n) is 3.05. The van der Waals surface area contributed by atoms with Crippen LogP contribution < -0.4 is 9.64 Å². The van der Waals surface area contributed by atoms with Gasteiger partial charge in [0.05, 0.1) is 24.8 Å². The lowest BCUT2D eigenvalue weighted by molar-refractivity contribution is 0.0690. The number of carbonyl (C=O) groups excluding carboxylic acids is 1. The van der Waals surface area contributed by atoms with Crippen LogP contribution in [0.25, 0.3) is 0 Å². The van der Waals surface area contributed by atoms with Crippen LogP contribution in [0.2, 0.25) is 0 Å². The number of fused-ring (bicyclic) bond motifs is 1. The Kier molecular flexibility index (Phi) is 2.86. The molecule has 1 aliphatic heterocycles. The average Bonchev–Trinajstić information content (AvgIpc) is 2.99. The first-order valence-electron chi connectivity index (χ1n) is 5.98. The molecule has 0 fully saturated rings. The molecule has 0 radical (unpaired) electrons. The van der Waals surface area contributed by atoms with Crippen LogP contribution in [0.4, 0.5) is 5.69 Å². The molecule has 0 aliphatic carbocycles. The summed E-state index contributed by atoms with van der Waals surface area (Å²) in [6.45, 7) is 0.602. The Bertz CT molecular complexity index is 666. The first-order chi connectivity index (χ1) is 9.68. The lowest BCUT2D eigenvalue weighted by Gasteiger charge is -2.29. The van der Waals surface area contributed by atoms with Crippen LogP contribution in [0.1, 0.15) is 20.8 Å². The summed E-state index contributed by atoms with van der Waals surface area (Å²) in [6.07, 6.45) is 2.85. The quantitative estimate of drug-likeness (QED) is 0.855. The number of imidazole rings is 1. The number of para-hydroxylation sites is 1. The summed E-state index contributed by atoms with van der Waals surface area (Å²) in [7, 11) is 0. The number of carboxylic acid groups (broad SMARTS) is 1. The van der Waals surface area contributed by atoms with E-state index in [0.29, 0.717) is 17.9 Å². The van der Waals surface area contributed by atoms with Gasteiger partial charge in [0.2, 0.25) is 0 Å². The number of carbonyl (C=O) groups is 2. The lowest BCUT2D eigenvalue weighted by atomic mass is 10.1. The van der Waals surface area contributed by atoms with E-state index in [1.54, 1.807) is 12.1 Å². The van der Waals surface area contributed by atoms with Gasteiger partial charge in [0, 0.05) is 0 Å². The molecule has 1 aliphatic rings. The molecule has 20 heavy (non-hydrogen) atoms. The number of aromatic amines is 1. The van der Waals surface area contributed by atoms with Gasteiger partial charge in [0.1, 0.15) is 17.9 Å². The summed E-state index contributed by atoms with van der Waals surface area (Å²) in [5, 5.41) is 9.15. The van der Waals surface area contributed by atoms with Crippen LogP contribution in [0.15, 0.2) is 30.7 Å². The molecule has 7 heteroatoms. The first-order valence-corrected chi connectivity index (χ1v) is 5.98. The third-order valence-corrected chi connectivity index (χ3v) is 3.05. The van der Waals surface area contributed by atoms with Crippen molar-refractivity contribution in [1.82, 2.24) is 9.97 Å². The molecule has 2 aromatic rings. The molecule has 1 aromatic heterocycles. The van der Waals surface area contributed by atoms with Gasteiger partial charge in [0.25, 0.3) is 5.91 Å². The number of hydrogen-bond acceptors (Lipinski definition) is 4. The molecular formula is C13H11N3O4. The second-order valence-electron chi connectivity index (χ2n) is 4.23. The van der Waals surface area contributed by atoms with Gasteiger partial charge >= 0.3 is 5.97 Å². The third kappa shape index (κ3) is 1.89. The lowest BCUT2D eigenvalue weighted by Crippen LogP contribution is -2.38. The van der Waals surface area contributed by atoms with Crippen molar-refractivity contribution >= 4 is 17.6 Å². The summed E-state index contributed by atoms with van der Waals surface area (Å²) in [5.74, 6) is -1.13. The van der Waals surface area contributed by atoms with Crippen molar-refractivity contribution in [3.63, 3.8) is 0 Å². The van der Waals surface area contributed by atoms with Crippen LogP contribution >= 0.6 is 0 Å². The van der Waals surface area contributed by atoms with Crippen LogP contribution in [0, 0.1) is 0 Å². The van der Waals surface area contributed by atoms with Gasteiger partial charge in [-0.05, 0) is 12.1 Å². The number of aromatic nitrogens is 2. The molecular weight excluding hydrogens is 262 g/mol. The van der Waals surface area contributed by atoms with E-state index in [4.69, 9.17) is 9.84 Å². The highest BCUT2D eigenvalue weighted by Crippen LogP contribution is 2.35. The Morgan fingerprint density at radius 3 is 2.95 bits per heavy atom. The molecule has 0 saturated carbocycles. The molecule has 3 rings (SSSR count). The van der Waals surface area contributed by atoms with Crippen molar-refractivity contribution < 1.29 is 19.4 Å².